The van der Waals surface area contributed by atoms with Crippen molar-refractivity contribution in [3.8, 4) is 0 Å². The van der Waals surface area contributed by atoms with Gasteiger partial charge in [0.15, 0.2) is 0 Å². The second-order valence-electron chi connectivity index (χ2n) is 4.87. The van der Waals surface area contributed by atoms with Gasteiger partial charge in [0.25, 0.3) is 5.91 Å². The average molecular weight is 302 g/mol. The quantitative estimate of drug-likeness (QED) is 0.921. The lowest BCUT2D eigenvalue weighted by atomic mass is 10.1. The van der Waals surface area contributed by atoms with Gasteiger partial charge in [-0.25, -0.2) is 4.79 Å². The number of hydrogen-bond donors (Lipinski definition) is 1. The van der Waals surface area contributed by atoms with Crippen LogP contribution in [0.1, 0.15) is 17.3 Å². The Morgan fingerprint density at radius 1 is 1.33 bits per heavy atom. The molecule has 6 heteroatoms. The molecular weight excluding hydrogens is 288 g/mol. The van der Waals surface area contributed by atoms with E-state index in [0.717, 1.165) is 10.9 Å². The molecule has 5 nitrogen and oxygen atoms in total. The van der Waals surface area contributed by atoms with Crippen LogP contribution < -0.4 is 0 Å². The van der Waals surface area contributed by atoms with Crippen LogP contribution in [0.15, 0.2) is 36.5 Å². The smallest absolute Gasteiger partial charge is 0.327 e. The van der Waals surface area contributed by atoms with Gasteiger partial charge in [-0.2, -0.15) is 0 Å². The molecule has 0 saturated carbocycles. The van der Waals surface area contributed by atoms with Crippen LogP contribution in [-0.2, 0) is 4.79 Å². The van der Waals surface area contributed by atoms with Gasteiger partial charge < -0.3 is 10.0 Å². The summed E-state index contributed by atoms with van der Waals surface area (Å²) >= 11 is 1.48. The van der Waals surface area contributed by atoms with Gasteiger partial charge >= 0.3 is 5.97 Å². The zero-order chi connectivity index (χ0) is 15.0. The van der Waals surface area contributed by atoms with E-state index >= 15 is 0 Å². The fraction of sp³-hybridized carbons (Fsp3) is 0.267. The molecule has 21 heavy (non-hydrogen) atoms. The van der Waals surface area contributed by atoms with Crippen molar-refractivity contribution in [2.24, 2.45) is 0 Å². The number of carboxylic acid groups (broad SMARTS) is 1. The molecule has 2 unspecified atom stereocenters. The number of hydrogen-bond acceptors (Lipinski definition) is 4. The molecule has 0 radical (unpaired) electrons. The number of thioether (sulfide) groups is 1. The maximum absolute atomic E-state index is 12.8. The third-order valence-electron chi connectivity index (χ3n) is 3.62. The SMILES string of the molecule is CC1SCC(C(=O)O)N1C(=O)c1cccc2ncccc12. The summed E-state index contributed by atoms with van der Waals surface area (Å²) in [5.41, 5.74) is 1.23. The number of nitrogens with zero attached hydrogens (tertiary/aromatic N) is 2. The van der Waals surface area contributed by atoms with Gasteiger partial charge in [0.05, 0.1) is 10.9 Å². The second kappa shape index (κ2) is 5.37. The Morgan fingerprint density at radius 3 is 2.90 bits per heavy atom. The number of aromatic nitrogens is 1. The molecule has 0 spiro atoms. The third kappa shape index (κ3) is 2.35. The van der Waals surface area contributed by atoms with Crippen molar-refractivity contribution >= 4 is 34.5 Å². The van der Waals surface area contributed by atoms with Crippen LogP contribution in [0.5, 0.6) is 0 Å². The number of rotatable bonds is 2. The van der Waals surface area contributed by atoms with E-state index in [4.69, 9.17) is 0 Å². The fourth-order valence-electron chi connectivity index (χ4n) is 2.57. The number of carbonyl (C=O) groups excluding carboxylic acids is 1. The number of fused-ring (bicyclic) bond motifs is 1. The lowest BCUT2D eigenvalue weighted by Crippen LogP contribution is -2.44. The summed E-state index contributed by atoms with van der Waals surface area (Å²) in [5.74, 6) is -0.789. The first kappa shape index (κ1) is 13.9. The number of aliphatic carboxylic acids is 1. The second-order valence-corrected chi connectivity index (χ2v) is 6.22. The minimum absolute atomic E-state index is 0.148. The van der Waals surface area contributed by atoms with E-state index in [1.165, 1.54) is 16.7 Å². The van der Waals surface area contributed by atoms with Crippen molar-refractivity contribution in [3.63, 3.8) is 0 Å². The molecule has 2 atom stereocenters. The minimum atomic E-state index is -0.960. The molecule has 1 aliphatic rings. The van der Waals surface area contributed by atoms with Crippen LogP contribution in [0.2, 0.25) is 0 Å². The summed E-state index contributed by atoms with van der Waals surface area (Å²) in [4.78, 5) is 29.8. The molecule has 1 amide bonds. The van der Waals surface area contributed by atoms with Crippen LogP contribution in [0.25, 0.3) is 10.9 Å². The van der Waals surface area contributed by atoms with Gasteiger partial charge in [-0.15, -0.1) is 11.8 Å². The molecule has 2 aromatic rings. The van der Waals surface area contributed by atoms with Crippen molar-refractivity contribution in [2.75, 3.05) is 5.75 Å². The molecule has 1 N–H and O–H groups in total. The molecular formula is C15H14N2O3S. The molecule has 1 aliphatic heterocycles. The summed E-state index contributed by atoms with van der Waals surface area (Å²) in [6.07, 6.45) is 1.67. The standard InChI is InChI=1S/C15H14N2O3S/c1-9-17(13(8-21-9)15(19)20)14(18)11-4-2-6-12-10(11)5-3-7-16-12/h2-7,9,13H,8H2,1H3,(H,19,20). The summed E-state index contributed by atoms with van der Waals surface area (Å²) < 4.78 is 0. The third-order valence-corrected chi connectivity index (χ3v) is 4.84. The normalized spacial score (nSPS) is 21.7. The van der Waals surface area contributed by atoms with Crippen LogP contribution >= 0.6 is 11.8 Å². The first-order valence-corrected chi connectivity index (χ1v) is 7.65. The summed E-state index contributed by atoms with van der Waals surface area (Å²) in [6.45, 7) is 1.86. The van der Waals surface area contributed by atoms with E-state index in [-0.39, 0.29) is 11.3 Å². The zero-order valence-electron chi connectivity index (χ0n) is 11.4. The lowest BCUT2D eigenvalue weighted by molar-refractivity contribution is -0.141. The first-order chi connectivity index (χ1) is 10.1. The van der Waals surface area contributed by atoms with Gasteiger partial charge in [0.1, 0.15) is 6.04 Å². The zero-order valence-corrected chi connectivity index (χ0v) is 12.2. The highest BCUT2D eigenvalue weighted by molar-refractivity contribution is 8.00. The minimum Gasteiger partial charge on any atom is -0.480 e. The van der Waals surface area contributed by atoms with E-state index in [2.05, 4.69) is 4.98 Å². The van der Waals surface area contributed by atoms with Crippen LogP contribution in [0, 0.1) is 0 Å². The Bertz CT molecular complexity index is 714. The van der Waals surface area contributed by atoms with Gasteiger partial charge in [0.2, 0.25) is 0 Å². The Balaban J connectivity index is 2.06. The summed E-state index contributed by atoms with van der Waals surface area (Å²) in [6, 6.07) is 8.16. The number of pyridine rings is 1. The molecule has 1 aromatic heterocycles. The van der Waals surface area contributed by atoms with Gasteiger partial charge in [-0.05, 0) is 25.1 Å². The molecule has 2 heterocycles. The summed E-state index contributed by atoms with van der Waals surface area (Å²) in [5, 5.41) is 9.89. The lowest BCUT2D eigenvalue weighted by Gasteiger charge is -2.25. The predicted molar refractivity (Wildman–Crippen MR) is 81.3 cm³/mol. The average Bonchev–Trinajstić information content (AvgIpc) is 2.88. The topological polar surface area (TPSA) is 70.5 Å². The molecule has 3 rings (SSSR count). The van der Waals surface area contributed by atoms with Crippen LogP contribution in [-0.4, -0.2) is 44.0 Å². The maximum Gasteiger partial charge on any atom is 0.327 e. The fourth-order valence-corrected chi connectivity index (χ4v) is 3.74. The van der Waals surface area contributed by atoms with Gasteiger partial charge in [-0.1, -0.05) is 12.1 Å². The van der Waals surface area contributed by atoms with Gasteiger partial charge in [-0.3, -0.25) is 9.78 Å². The summed E-state index contributed by atoms with van der Waals surface area (Å²) in [7, 11) is 0. The highest BCUT2D eigenvalue weighted by Crippen LogP contribution is 2.31. The Kier molecular flexibility index (Phi) is 3.55. The highest BCUT2D eigenvalue weighted by atomic mass is 32.2. The number of benzene rings is 1. The van der Waals surface area contributed by atoms with Crippen LogP contribution in [0.4, 0.5) is 0 Å². The molecule has 0 bridgehead atoms. The van der Waals surface area contributed by atoms with E-state index in [9.17, 15) is 14.7 Å². The van der Waals surface area contributed by atoms with Crippen molar-refractivity contribution in [1.29, 1.82) is 0 Å². The molecule has 108 valence electrons. The van der Waals surface area contributed by atoms with Crippen molar-refractivity contribution in [1.82, 2.24) is 9.88 Å². The van der Waals surface area contributed by atoms with E-state index in [0.29, 0.717) is 11.3 Å². The number of amides is 1. The molecule has 1 aromatic carbocycles. The van der Waals surface area contributed by atoms with Crippen LogP contribution in [0.3, 0.4) is 0 Å². The number of carboxylic acids is 1. The molecule has 1 saturated heterocycles. The highest BCUT2D eigenvalue weighted by Gasteiger charge is 2.40. The monoisotopic (exact) mass is 302 g/mol. The Morgan fingerprint density at radius 2 is 2.14 bits per heavy atom. The molecule has 0 aliphatic carbocycles. The Hall–Kier alpha value is -2.08. The largest absolute Gasteiger partial charge is 0.480 e. The van der Waals surface area contributed by atoms with E-state index in [1.54, 1.807) is 24.4 Å². The Labute approximate surface area is 126 Å². The first-order valence-electron chi connectivity index (χ1n) is 6.60. The molecule has 1 fully saturated rings. The van der Waals surface area contributed by atoms with Crippen molar-refractivity contribution in [3.05, 3.63) is 42.1 Å². The van der Waals surface area contributed by atoms with E-state index in [1.807, 2.05) is 19.1 Å². The predicted octanol–water partition coefficient (Wildman–Crippen LogP) is 2.22. The van der Waals surface area contributed by atoms with Crippen molar-refractivity contribution in [2.45, 2.75) is 18.3 Å². The number of carbonyl (C=O) groups is 2. The van der Waals surface area contributed by atoms with Gasteiger partial charge in [0, 0.05) is 22.9 Å². The van der Waals surface area contributed by atoms with E-state index < -0.39 is 12.0 Å². The maximum atomic E-state index is 12.8. The van der Waals surface area contributed by atoms with Crippen molar-refractivity contribution < 1.29 is 14.7 Å².